The van der Waals surface area contributed by atoms with Crippen molar-refractivity contribution in [3.63, 3.8) is 0 Å². The van der Waals surface area contributed by atoms with Crippen molar-refractivity contribution in [2.45, 2.75) is 33.1 Å². The van der Waals surface area contributed by atoms with Gasteiger partial charge in [0.2, 0.25) is 0 Å². The first-order valence-corrected chi connectivity index (χ1v) is 5.48. The van der Waals surface area contributed by atoms with Gasteiger partial charge in [0, 0.05) is 6.42 Å². The van der Waals surface area contributed by atoms with Crippen LogP contribution in [0.5, 0.6) is 5.75 Å². The fraction of sp³-hybridized carbons (Fsp3) is 0.417. The van der Waals surface area contributed by atoms with Crippen LogP contribution >= 0.6 is 11.6 Å². The maximum Gasteiger partial charge on any atom is 0.311 e. The summed E-state index contributed by atoms with van der Waals surface area (Å²) in [5.74, 6) is 0.238. The van der Waals surface area contributed by atoms with Gasteiger partial charge in [-0.3, -0.25) is 4.79 Å². The monoisotopic (exact) mass is 226 g/mol. The smallest absolute Gasteiger partial charge is 0.311 e. The molecule has 0 bridgehead atoms. The minimum Gasteiger partial charge on any atom is -0.425 e. The maximum absolute atomic E-state index is 11.4. The van der Waals surface area contributed by atoms with Gasteiger partial charge in [-0.15, -0.1) is 0 Å². The quantitative estimate of drug-likeness (QED) is 0.578. The molecule has 0 aliphatic rings. The molecule has 0 N–H and O–H groups in total. The zero-order chi connectivity index (χ0) is 11.3. The maximum atomic E-state index is 11.4. The first kappa shape index (κ1) is 12.1. The van der Waals surface area contributed by atoms with Gasteiger partial charge >= 0.3 is 5.97 Å². The molecule has 0 saturated carbocycles. The lowest BCUT2D eigenvalue weighted by Crippen LogP contribution is -2.07. The van der Waals surface area contributed by atoms with Crippen molar-refractivity contribution < 1.29 is 9.53 Å². The van der Waals surface area contributed by atoms with E-state index in [9.17, 15) is 4.79 Å². The number of hydrogen-bond acceptors (Lipinski definition) is 2. The van der Waals surface area contributed by atoms with Gasteiger partial charge in [-0.2, -0.15) is 0 Å². The van der Waals surface area contributed by atoms with Crippen molar-refractivity contribution >= 4 is 17.6 Å². The number of benzene rings is 1. The second kappa shape index (κ2) is 5.76. The first-order chi connectivity index (χ1) is 7.13. The van der Waals surface area contributed by atoms with E-state index >= 15 is 0 Å². The lowest BCUT2D eigenvalue weighted by Gasteiger charge is -2.06. The molecule has 0 fully saturated rings. The number of hydrogen-bond donors (Lipinski definition) is 0. The molecule has 1 aromatic rings. The molecular weight excluding hydrogens is 212 g/mol. The standard InChI is InChI=1S/C12H15ClO2/c1-3-4-5-12(14)15-11-8-9(2)6-7-10(11)13/h6-8H,3-5H2,1-2H3. The summed E-state index contributed by atoms with van der Waals surface area (Å²) in [4.78, 5) is 11.4. The molecular formula is C12H15ClO2. The number of aryl methyl sites for hydroxylation is 1. The van der Waals surface area contributed by atoms with Gasteiger partial charge in [0.1, 0.15) is 5.75 Å². The van der Waals surface area contributed by atoms with E-state index in [4.69, 9.17) is 16.3 Å². The van der Waals surface area contributed by atoms with Crippen LogP contribution < -0.4 is 4.74 Å². The molecule has 82 valence electrons. The van der Waals surface area contributed by atoms with Crippen molar-refractivity contribution in [2.24, 2.45) is 0 Å². The van der Waals surface area contributed by atoms with Gasteiger partial charge < -0.3 is 4.74 Å². The van der Waals surface area contributed by atoms with E-state index in [1.54, 1.807) is 12.1 Å². The highest BCUT2D eigenvalue weighted by molar-refractivity contribution is 6.32. The third kappa shape index (κ3) is 3.92. The van der Waals surface area contributed by atoms with Crippen LogP contribution in [0.2, 0.25) is 5.02 Å². The van der Waals surface area contributed by atoms with Crippen molar-refractivity contribution in [1.29, 1.82) is 0 Å². The molecule has 1 rings (SSSR count). The Morgan fingerprint density at radius 3 is 2.87 bits per heavy atom. The van der Waals surface area contributed by atoms with Crippen LogP contribution in [0.4, 0.5) is 0 Å². The fourth-order valence-corrected chi connectivity index (χ4v) is 1.34. The zero-order valence-corrected chi connectivity index (χ0v) is 9.80. The summed E-state index contributed by atoms with van der Waals surface area (Å²) >= 11 is 5.90. The van der Waals surface area contributed by atoms with Gasteiger partial charge in [-0.1, -0.05) is 31.0 Å². The summed E-state index contributed by atoms with van der Waals surface area (Å²) in [5, 5.41) is 0.477. The van der Waals surface area contributed by atoms with Crippen molar-refractivity contribution in [3.05, 3.63) is 28.8 Å². The topological polar surface area (TPSA) is 26.3 Å². The molecule has 0 unspecified atom stereocenters. The van der Waals surface area contributed by atoms with E-state index in [2.05, 4.69) is 0 Å². The number of ether oxygens (including phenoxy) is 1. The van der Waals surface area contributed by atoms with E-state index in [0.29, 0.717) is 17.2 Å². The average molecular weight is 227 g/mol. The van der Waals surface area contributed by atoms with Crippen molar-refractivity contribution in [1.82, 2.24) is 0 Å². The van der Waals surface area contributed by atoms with Gasteiger partial charge in [0.15, 0.2) is 0 Å². The number of unbranched alkanes of at least 4 members (excludes halogenated alkanes) is 1. The summed E-state index contributed by atoms with van der Waals surface area (Å²) < 4.78 is 5.16. The molecule has 0 radical (unpaired) electrons. The van der Waals surface area contributed by atoms with Crippen LogP contribution in [0.3, 0.4) is 0 Å². The fourth-order valence-electron chi connectivity index (χ4n) is 1.18. The molecule has 3 heteroatoms. The second-order valence-electron chi connectivity index (χ2n) is 3.51. The highest BCUT2D eigenvalue weighted by Crippen LogP contribution is 2.25. The number of rotatable bonds is 4. The third-order valence-electron chi connectivity index (χ3n) is 2.04. The van der Waals surface area contributed by atoms with Gasteiger partial charge in [0.25, 0.3) is 0 Å². The highest BCUT2D eigenvalue weighted by atomic mass is 35.5. The Hall–Kier alpha value is -1.02. The molecule has 15 heavy (non-hydrogen) atoms. The zero-order valence-electron chi connectivity index (χ0n) is 9.05. The van der Waals surface area contributed by atoms with E-state index in [1.807, 2.05) is 19.9 Å². The molecule has 0 aliphatic carbocycles. The minimum absolute atomic E-state index is 0.218. The van der Waals surface area contributed by atoms with Crippen molar-refractivity contribution in [3.8, 4) is 5.75 Å². The summed E-state index contributed by atoms with van der Waals surface area (Å²) in [6, 6.07) is 5.39. The second-order valence-corrected chi connectivity index (χ2v) is 3.92. The largest absolute Gasteiger partial charge is 0.425 e. The van der Waals surface area contributed by atoms with E-state index in [-0.39, 0.29) is 5.97 Å². The molecule has 0 aromatic heterocycles. The molecule has 2 nitrogen and oxygen atoms in total. The molecule has 0 spiro atoms. The Kier molecular flexibility index (Phi) is 4.63. The number of esters is 1. The Morgan fingerprint density at radius 1 is 1.47 bits per heavy atom. The Bertz CT molecular complexity index is 347. The molecule has 0 heterocycles. The normalized spacial score (nSPS) is 10.1. The highest BCUT2D eigenvalue weighted by Gasteiger charge is 2.07. The Morgan fingerprint density at radius 2 is 2.20 bits per heavy atom. The van der Waals surface area contributed by atoms with Crippen LogP contribution in [0.1, 0.15) is 31.7 Å². The molecule has 0 atom stereocenters. The van der Waals surface area contributed by atoms with Gasteiger partial charge in [-0.05, 0) is 31.0 Å². The lowest BCUT2D eigenvalue weighted by molar-refractivity contribution is -0.134. The molecule has 1 aromatic carbocycles. The van der Waals surface area contributed by atoms with Crippen LogP contribution in [0.25, 0.3) is 0 Å². The van der Waals surface area contributed by atoms with Crippen LogP contribution in [0.15, 0.2) is 18.2 Å². The predicted molar refractivity (Wildman–Crippen MR) is 61.3 cm³/mol. The molecule has 0 aliphatic heterocycles. The predicted octanol–water partition coefficient (Wildman–Crippen LogP) is 3.74. The summed E-state index contributed by atoms with van der Waals surface area (Å²) in [5.41, 5.74) is 1.03. The van der Waals surface area contributed by atoms with E-state index in [0.717, 1.165) is 18.4 Å². The molecule has 0 saturated heterocycles. The van der Waals surface area contributed by atoms with E-state index in [1.165, 1.54) is 0 Å². The SMILES string of the molecule is CCCCC(=O)Oc1cc(C)ccc1Cl. The molecule has 0 amide bonds. The van der Waals surface area contributed by atoms with Gasteiger partial charge in [-0.25, -0.2) is 0 Å². The van der Waals surface area contributed by atoms with Crippen LogP contribution in [0, 0.1) is 6.92 Å². The number of halogens is 1. The van der Waals surface area contributed by atoms with E-state index < -0.39 is 0 Å². The summed E-state index contributed by atoms with van der Waals surface area (Å²) in [7, 11) is 0. The number of carbonyl (C=O) groups excluding carboxylic acids is 1. The Balaban J connectivity index is 2.63. The summed E-state index contributed by atoms with van der Waals surface area (Å²) in [6.07, 6.45) is 2.28. The average Bonchev–Trinajstić information content (AvgIpc) is 2.20. The van der Waals surface area contributed by atoms with Crippen molar-refractivity contribution in [2.75, 3.05) is 0 Å². The number of carbonyl (C=O) groups is 1. The Labute approximate surface area is 95.2 Å². The summed E-state index contributed by atoms with van der Waals surface area (Å²) in [6.45, 7) is 3.96. The van der Waals surface area contributed by atoms with Gasteiger partial charge in [0.05, 0.1) is 5.02 Å². The van der Waals surface area contributed by atoms with Crippen LogP contribution in [-0.4, -0.2) is 5.97 Å². The third-order valence-corrected chi connectivity index (χ3v) is 2.36. The lowest BCUT2D eigenvalue weighted by atomic mass is 10.2. The van der Waals surface area contributed by atoms with Crippen LogP contribution in [-0.2, 0) is 4.79 Å². The first-order valence-electron chi connectivity index (χ1n) is 5.10. The minimum atomic E-state index is -0.218.